The summed E-state index contributed by atoms with van der Waals surface area (Å²) >= 11 is 0. The van der Waals surface area contributed by atoms with Gasteiger partial charge in [0, 0.05) is 0 Å². The third-order valence-electron chi connectivity index (χ3n) is 2.44. The standard InChI is InChI=1S/C10H20/c1-7-8(2)9(3)10(4,5)6/h7,9H,1-6H3/b8-7-. The molecule has 10 heavy (non-hydrogen) atoms. The first kappa shape index (κ1) is 9.74. The molecule has 1 unspecified atom stereocenters. The van der Waals surface area contributed by atoms with Gasteiger partial charge < -0.3 is 0 Å². The van der Waals surface area contributed by atoms with Crippen molar-refractivity contribution in [3.05, 3.63) is 11.6 Å². The lowest BCUT2D eigenvalue weighted by molar-refractivity contribution is 0.300. The molecule has 0 radical (unpaired) electrons. The van der Waals surface area contributed by atoms with E-state index in [2.05, 4.69) is 47.6 Å². The van der Waals surface area contributed by atoms with Crippen LogP contribution in [0.15, 0.2) is 11.6 Å². The Labute approximate surface area is 65.3 Å². The van der Waals surface area contributed by atoms with Crippen molar-refractivity contribution in [3.63, 3.8) is 0 Å². The van der Waals surface area contributed by atoms with E-state index in [4.69, 9.17) is 0 Å². The van der Waals surface area contributed by atoms with Crippen molar-refractivity contribution in [3.8, 4) is 0 Å². The van der Waals surface area contributed by atoms with Crippen LogP contribution in [0, 0.1) is 11.3 Å². The molecule has 0 aliphatic rings. The van der Waals surface area contributed by atoms with Crippen molar-refractivity contribution in [2.75, 3.05) is 0 Å². The Kier molecular flexibility index (Phi) is 3.14. The molecule has 0 saturated carbocycles. The first-order chi connectivity index (χ1) is 4.39. The molecule has 1 atom stereocenters. The SMILES string of the molecule is C/C=C(/C)C(C)C(C)(C)C. The fourth-order valence-electron chi connectivity index (χ4n) is 0.933. The van der Waals surface area contributed by atoms with Gasteiger partial charge in [-0.05, 0) is 25.2 Å². The molecule has 0 aromatic carbocycles. The molecule has 0 nitrogen and oxygen atoms in total. The normalized spacial score (nSPS) is 17.2. The van der Waals surface area contributed by atoms with Crippen LogP contribution >= 0.6 is 0 Å². The summed E-state index contributed by atoms with van der Waals surface area (Å²) < 4.78 is 0. The molecule has 60 valence electrons. The fourth-order valence-corrected chi connectivity index (χ4v) is 0.933. The maximum absolute atomic E-state index is 2.29. The molecular formula is C10H20. The van der Waals surface area contributed by atoms with Crippen LogP contribution in [-0.4, -0.2) is 0 Å². The summed E-state index contributed by atoms with van der Waals surface area (Å²) in [7, 11) is 0. The molecule has 0 N–H and O–H groups in total. The summed E-state index contributed by atoms with van der Waals surface area (Å²) in [5.41, 5.74) is 1.91. The summed E-state index contributed by atoms with van der Waals surface area (Å²) in [6, 6.07) is 0. The molecule has 0 saturated heterocycles. The highest BCUT2D eigenvalue weighted by molar-refractivity contribution is 5.03. The van der Waals surface area contributed by atoms with Crippen molar-refractivity contribution in [2.24, 2.45) is 11.3 Å². The average molecular weight is 140 g/mol. The van der Waals surface area contributed by atoms with E-state index in [0.29, 0.717) is 11.3 Å². The summed E-state index contributed by atoms with van der Waals surface area (Å²) in [5, 5.41) is 0. The Morgan fingerprint density at radius 3 is 1.80 bits per heavy atom. The van der Waals surface area contributed by atoms with Crippen LogP contribution in [0.2, 0.25) is 0 Å². The Morgan fingerprint density at radius 1 is 1.30 bits per heavy atom. The van der Waals surface area contributed by atoms with Crippen LogP contribution < -0.4 is 0 Å². The van der Waals surface area contributed by atoms with Crippen molar-refractivity contribution in [1.29, 1.82) is 0 Å². The van der Waals surface area contributed by atoms with E-state index in [9.17, 15) is 0 Å². The third kappa shape index (κ3) is 2.55. The van der Waals surface area contributed by atoms with Gasteiger partial charge in [0.1, 0.15) is 0 Å². The summed E-state index contributed by atoms with van der Waals surface area (Å²) in [4.78, 5) is 0. The van der Waals surface area contributed by atoms with E-state index in [0.717, 1.165) is 0 Å². The Balaban J connectivity index is 4.23. The third-order valence-corrected chi connectivity index (χ3v) is 2.44. The van der Waals surface area contributed by atoms with Gasteiger partial charge in [0.05, 0.1) is 0 Å². The minimum Gasteiger partial charge on any atom is -0.0884 e. The first-order valence-corrected chi connectivity index (χ1v) is 4.02. The van der Waals surface area contributed by atoms with Crippen molar-refractivity contribution >= 4 is 0 Å². The second kappa shape index (κ2) is 3.23. The molecule has 0 heteroatoms. The van der Waals surface area contributed by atoms with Gasteiger partial charge in [-0.3, -0.25) is 0 Å². The van der Waals surface area contributed by atoms with Gasteiger partial charge in [0.15, 0.2) is 0 Å². The summed E-state index contributed by atoms with van der Waals surface area (Å²) in [6.07, 6.45) is 2.20. The van der Waals surface area contributed by atoms with E-state index in [1.54, 1.807) is 0 Å². The number of hydrogen-bond donors (Lipinski definition) is 0. The van der Waals surface area contributed by atoms with Gasteiger partial charge >= 0.3 is 0 Å². The lowest BCUT2D eigenvalue weighted by atomic mass is 9.78. The van der Waals surface area contributed by atoms with Gasteiger partial charge in [-0.2, -0.15) is 0 Å². The van der Waals surface area contributed by atoms with E-state index in [-0.39, 0.29) is 0 Å². The molecule has 0 rings (SSSR count). The molecule has 0 aliphatic carbocycles. The zero-order valence-corrected chi connectivity index (χ0v) is 8.15. The highest BCUT2D eigenvalue weighted by Gasteiger charge is 2.20. The Bertz CT molecular complexity index is 123. The minimum absolute atomic E-state index is 0.413. The van der Waals surface area contributed by atoms with Crippen molar-refractivity contribution in [2.45, 2.75) is 41.5 Å². The van der Waals surface area contributed by atoms with E-state index in [1.165, 1.54) is 5.57 Å². The van der Waals surface area contributed by atoms with Crippen molar-refractivity contribution in [1.82, 2.24) is 0 Å². The molecule has 0 spiro atoms. The number of rotatable bonds is 1. The maximum Gasteiger partial charge on any atom is -0.0186 e. The zero-order valence-electron chi connectivity index (χ0n) is 8.15. The lowest BCUT2D eigenvalue weighted by Crippen LogP contribution is -2.17. The lowest BCUT2D eigenvalue weighted by Gasteiger charge is -2.27. The van der Waals surface area contributed by atoms with Gasteiger partial charge in [0.25, 0.3) is 0 Å². The van der Waals surface area contributed by atoms with Gasteiger partial charge in [-0.15, -0.1) is 0 Å². The largest absolute Gasteiger partial charge is 0.0884 e. The highest BCUT2D eigenvalue weighted by atomic mass is 14.2. The smallest absolute Gasteiger partial charge is 0.0186 e. The quantitative estimate of drug-likeness (QED) is 0.488. The molecule has 0 amide bonds. The van der Waals surface area contributed by atoms with Crippen molar-refractivity contribution < 1.29 is 0 Å². The molecule has 0 bridgehead atoms. The van der Waals surface area contributed by atoms with Crippen LogP contribution in [-0.2, 0) is 0 Å². The number of hydrogen-bond acceptors (Lipinski definition) is 0. The Hall–Kier alpha value is -0.260. The predicted molar refractivity (Wildman–Crippen MR) is 48.1 cm³/mol. The van der Waals surface area contributed by atoms with Gasteiger partial charge in [-0.1, -0.05) is 39.3 Å². The Morgan fingerprint density at radius 2 is 1.70 bits per heavy atom. The van der Waals surface area contributed by atoms with E-state index >= 15 is 0 Å². The fraction of sp³-hybridized carbons (Fsp3) is 0.800. The summed E-state index contributed by atoms with van der Waals surface area (Å²) in [5.74, 6) is 0.692. The maximum atomic E-state index is 2.29. The second-order valence-corrected chi connectivity index (χ2v) is 4.12. The average Bonchev–Trinajstić information content (AvgIpc) is 1.83. The van der Waals surface area contributed by atoms with Crippen LogP contribution in [0.25, 0.3) is 0 Å². The minimum atomic E-state index is 0.413. The molecule has 0 aliphatic heterocycles. The highest BCUT2D eigenvalue weighted by Crippen LogP contribution is 2.30. The topological polar surface area (TPSA) is 0 Å². The summed E-state index contributed by atoms with van der Waals surface area (Å²) in [6.45, 7) is 13.4. The zero-order chi connectivity index (χ0) is 8.36. The van der Waals surface area contributed by atoms with Crippen LogP contribution in [0.3, 0.4) is 0 Å². The predicted octanol–water partition coefficient (Wildman–Crippen LogP) is 3.63. The van der Waals surface area contributed by atoms with E-state index in [1.807, 2.05) is 0 Å². The van der Waals surface area contributed by atoms with E-state index < -0.39 is 0 Å². The molecule has 0 aromatic rings. The first-order valence-electron chi connectivity index (χ1n) is 4.02. The van der Waals surface area contributed by atoms with Crippen LogP contribution in [0.4, 0.5) is 0 Å². The van der Waals surface area contributed by atoms with Gasteiger partial charge in [-0.25, -0.2) is 0 Å². The second-order valence-electron chi connectivity index (χ2n) is 4.12. The molecule has 0 fully saturated rings. The van der Waals surface area contributed by atoms with Crippen LogP contribution in [0.1, 0.15) is 41.5 Å². The number of allylic oxidation sites excluding steroid dienone is 2. The molecule has 0 heterocycles. The molecule has 0 aromatic heterocycles. The van der Waals surface area contributed by atoms with Crippen LogP contribution in [0.5, 0.6) is 0 Å². The monoisotopic (exact) mass is 140 g/mol. The molecular weight excluding hydrogens is 120 g/mol. The van der Waals surface area contributed by atoms with Gasteiger partial charge in [0.2, 0.25) is 0 Å².